The highest BCUT2D eigenvalue weighted by Crippen LogP contribution is 2.30. The van der Waals surface area contributed by atoms with Crippen LogP contribution in [0.2, 0.25) is 0 Å². The Morgan fingerprint density at radius 1 is 1.06 bits per heavy atom. The molecule has 1 aromatic heterocycles. The summed E-state index contributed by atoms with van der Waals surface area (Å²) in [4.78, 5) is 14.5. The molecule has 0 bridgehead atoms. The van der Waals surface area contributed by atoms with Crippen LogP contribution < -0.4 is 14.2 Å². The van der Waals surface area contributed by atoms with Crippen LogP contribution in [-0.4, -0.2) is 32.7 Å². The predicted octanol–water partition coefficient (Wildman–Crippen LogP) is 4.17. The molecule has 1 N–H and O–H groups in total. The van der Waals surface area contributed by atoms with Crippen LogP contribution in [0.15, 0.2) is 65.3 Å². The number of aryl methyl sites for hydroxylation is 1. The highest BCUT2D eigenvalue weighted by Gasteiger charge is 2.18. The number of carbonyl (C=O) groups is 1. The molecule has 0 saturated heterocycles. The average Bonchev–Trinajstić information content (AvgIpc) is 3.21. The van der Waals surface area contributed by atoms with E-state index in [0.717, 1.165) is 11.8 Å². The molecule has 2 amide bonds. The van der Waals surface area contributed by atoms with Crippen molar-refractivity contribution in [3.05, 3.63) is 77.7 Å². The minimum atomic E-state index is -3.74. The number of methoxy groups -OCH3 is 1. The SMILES string of the molecule is COc1ccc(CN(Cc2ccco2)C(=O)Nc2ccc(C)cc2)cc1OS(C)(=O)=O. The molecule has 0 radical (unpaired) electrons. The Kier molecular flexibility index (Phi) is 6.86. The number of amides is 2. The molecule has 0 saturated carbocycles. The van der Waals surface area contributed by atoms with E-state index in [4.69, 9.17) is 13.3 Å². The van der Waals surface area contributed by atoms with Gasteiger partial charge in [0.15, 0.2) is 11.5 Å². The average molecular weight is 445 g/mol. The summed E-state index contributed by atoms with van der Waals surface area (Å²) in [6, 6.07) is 15.5. The summed E-state index contributed by atoms with van der Waals surface area (Å²) in [6.07, 6.45) is 2.49. The van der Waals surface area contributed by atoms with Gasteiger partial charge in [0.2, 0.25) is 0 Å². The fraction of sp³-hybridized carbons (Fsp3) is 0.227. The van der Waals surface area contributed by atoms with E-state index in [2.05, 4.69) is 5.32 Å². The van der Waals surface area contributed by atoms with Gasteiger partial charge in [-0.25, -0.2) is 4.79 Å². The van der Waals surface area contributed by atoms with Gasteiger partial charge in [-0.1, -0.05) is 23.8 Å². The fourth-order valence-electron chi connectivity index (χ4n) is 2.90. The number of nitrogens with zero attached hydrogens (tertiary/aromatic N) is 1. The van der Waals surface area contributed by atoms with Crippen molar-refractivity contribution in [2.45, 2.75) is 20.0 Å². The molecule has 0 aliphatic heterocycles. The number of ether oxygens (including phenoxy) is 1. The highest BCUT2D eigenvalue weighted by molar-refractivity contribution is 7.86. The number of rotatable bonds is 8. The summed E-state index contributed by atoms with van der Waals surface area (Å²) < 4.78 is 38.8. The highest BCUT2D eigenvalue weighted by atomic mass is 32.2. The van der Waals surface area contributed by atoms with Crippen LogP contribution in [0.5, 0.6) is 11.5 Å². The lowest BCUT2D eigenvalue weighted by molar-refractivity contribution is 0.201. The minimum Gasteiger partial charge on any atom is -0.493 e. The third-order valence-corrected chi connectivity index (χ3v) is 4.84. The molecule has 31 heavy (non-hydrogen) atoms. The Hall–Kier alpha value is -3.46. The van der Waals surface area contributed by atoms with Crippen molar-refractivity contribution in [3.8, 4) is 11.5 Å². The molecule has 0 aliphatic rings. The predicted molar refractivity (Wildman–Crippen MR) is 117 cm³/mol. The van der Waals surface area contributed by atoms with Crippen LogP contribution in [0.25, 0.3) is 0 Å². The summed E-state index contributed by atoms with van der Waals surface area (Å²) in [7, 11) is -2.33. The molecule has 1 heterocycles. The minimum absolute atomic E-state index is 0.0550. The van der Waals surface area contributed by atoms with Gasteiger partial charge in [-0.2, -0.15) is 8.42 Å². The number of anilines is 1. The van der Waals surface area contributed by atoms with E-state index in [1.54, 1.807) is 29.2 Å². The summed E-state index contributed by atoms with van der Waals surface area (Å²) in [5.74, 6) is 0.940. The van der Waals surface area contributed by atoms with Crippen LogP contribution in [0.4, 0.5) is 10.5 Å². The Morgan fingerprint density at radius 3 is 2.42 bits per heavy atom. The lowest BCUT2D eigenvalue weighted by Crippen LogP contribution is -2.34. The lowest BCUT2D eigenvalue weighted by atomic mass is 10.2. The van der Waals surface area contributed by atoms with Crippen LogP contribution >= 0.6 is 0 Å². The first kappa shape index (κ1) is 22.2. The van der Waals surface area contributed by atoms with Crippen molar-refractivity contribution in [3.63, 3.8) is 0 Å². The van der Waals surface area contributed by atoms with Gasteiger partial charge >= 0.3 is 16.1 Å². The van der Waals surface area contributed by atoms with E-state index in [0.29, 0.717) is 17.0 Å². The first-order valence-electron chi connectivity index (χ1n) is 9.45. The second-order valence-electron chi connectivity index (χ2n) is 7.00. The molecule has 3 aromatic rings. The number of benzene rings is 2. The van der Waals surface area contributed by atoms with Gasteiger partial charge in [0.25, 0.3) is 0 Å². The van der Waals surface area contributed by atoms with Crippen molar-refractivity contribution >= 4 is 21.8 Å². The molecule has 164 valence electrons. The van der Waals surface area contributed by atoms with E-state index >= 15 is 0 Å². The molecular weight excluding hydrogens is 420 g/mol. The van der Waals surface area contributed by atoms with Gasteiger partial charge in [0.05, 0.1) is 26.2 Å². The van der Waals surface area contributed by atoms with Gasteiger partial charge in [0, 0.05) is 12.2 Å². The van der Waals surface area contributed by atoms with Gasteiger partial charge in [0.1, 0.15) is 5.76 Å². The summed E-state index contributed by atoms with van der Waals surface area (Å²) in [5, 5.41) is 2.87. The molecule has 0 spiro atoms. The maximum atomic E-state index is 13.0. The Bertz CT molecular complexity index is 1130. The molecule has 0 aliphatic carbocycles. The number of hydrogen-bond acceptors (Lipinski definition) is 6. The zero-order valence-electron chi connectivity index (χ0n) is 17.5. The topological polar surface area (TPSA) is 98.1 Å². The van der Waals surface area contributed by atoms with Crippen LogP contribution in [0.3, 0.4) is 0 Å². The zero-order valence-corrected chi connectivity index (χ0v) is 18.3. The monoisotopic (exact) mass is 444 g/mol. The fourth-order valence-corrected chi connectivity index (χ4v) is 3.35. The number of nitrogens with one attached hydrogen (secondary N) is 1. The normalized spacial score (nSPS) is 11.1. The van der Waals surface area contributed by atoms with Crippen molar-refractivity contribution < 1.29 is 26.5 Å². The van der Waals surface area contributed by atoms with Gasteiger partial charge < -0.3 is 23.6 Å². The standard InChI is InChI=1S/C22H24N2O6S/c1-16-6-9-18(10-7-16)23-22(25)24(15-19-5-4-12-29-19)14-17-8-11-20(28-2)21(13-17)30-31(3,26)27/h4-13H,14-15H2,1-3H3,(H,23,25). The number of urea groups is 1. The van der Waals surface area contributed by atoms with Crippen molar-refractivity contribution in [1.29, 1.82) is 0 Å². The van der Waals surface area contributed by atoms with Gasteiger partial charge in [-0.05, 0) is 48.9 Å². The summed E-state index contributed by atoms with van der Waals surface area (Å²) in [6.45, 7) is 2.37. The van der Waals surface area contributed by atoms with E-state index in [9.17, 15) is 13.2 Å². The van der Waals surface area contributed by atoms with E-state index in [1.165, 1.54) is 19.4 Å². The van der Waals surface area contributed by atoms with Crippen molar-refractivity contribution in [2.75, 3.05) is 18.7 Å². The largest absolute Gasteiger partial charge is 0.493 e. The maximum absolute atomic E-state index is 13.0. The number of hydrogen-bond donors (Lipinski definition) is 1. The molecule has 0 atom stereocenters. The number of furan rings is 1. The summed E-state index contributed by atoms with van der Waals surface area (Å²) in [5.41, 5.74) is 2.41. The van der Waals surface area contributed by atoms with Crippen LogP contribution in [-0.2, 0) is 23.2 Å². The Labute approximate surface area is 181 Å². The third-order valence-electron chi connectivity index (χ3n) is 4.36. The molecule has 8 nitrogen and oxygen atoms in total. The molecule has 2 aromatic carbocycles. The van der Waals surface area contributed by atoms with Crippen molar-refractivity contribution in [2.24, 2.45) is 0 Å². The Morgan fingerprint density at radius 2 is 1.81 bits per heavy atom. The summed E-state index contributed by atoms with van der Waals surface area (Å²) >= 11 is 0. The zero-order chi connectivity index (χ0) is 22.4. The maximum Gasteiger partial charge on any atom is 0.322 e. The quantitative estimate of drug-likeness (QED) is 0.524. The van der Waals surface area contributed by atoms with E-state index in [1.807, 2.05) is 31.2 Å². The van der Waals surface area contributed by atoms with Gasteiger partial charge in [-0.3, -0.25) is 0 Å². The van der Waals surface area contributed by atoms with Gasteiger partial charge in [-0.15, -0.1) is 0 Å². The van der Waals surface area contributed by atoms with Crippen molar-refractivity contribution in [1.82, 2.24) is 4.90 Å². The molecule has 0 fully saturated rings. The smallest absolute Gasteiger partial charge is 0.322 e. The van der Waals surface area contributed by atoms with Crippen LogP contribution in [0, 0.1) is 6.92 Å². The second kappa shape index (κ2) is 9.57. The lowest BCUT2D eigenvalue weighted by Gasteiger charge is -2.23. The van der Waals surface area contributed by atoms with E-state index in [-0.39, 0.29) is 30.6 Å². The number of carbonyl (C=O) groups excluding carboxylic acids is 1. The molecule has 0 unspecified atom stereocenters. The third kappa shape index (κ3) is 6.51. The first-order valence-corrected chi connectivity index (χ1v) is 11.3. The Balaban J connectivity index is 1.84. The molecule has 9 heteroatoms. The second-order valence-corrected chi connectivity index (χ2v) is 8.58. The molecular formula is C22H24N2O6S. The van der Waals surface area contributed by atoms with Crippen LogP contribution in [0.1, 0.15) is 16.9 Å². The first-order chi connectivity index (χ1) is 14.7. The molecule has 3 rings (SSSR count). The van der Waals surface area contributed by atoms with E-state index < -0.39 is 10.1 Å².